The van der Waals surface area contributed by atoms with Gasteiger partial charge in [0.15, 0.2) is 11.5 Å². The lowest BCUT2D eigenvalue weighted by molar-refractivity contribution is 0.174. The Hall–Kier alpha value is -2.73. The van der Waals surface area contributed by atoms with E-state index in [0.29, 0.717) is 22.2 Å². The number of fused-ring (bicyclic) bond motifs is 1. The van der Waals surface area contributed by atoms with E-state index in [1.54, 1.807) is 18.2 Å². The predicted octanol–water partition coefficient (Wildman–Crippen LogP) is 5.65. The van der Waals surface area contributed by atoms with Crippen LogP contribution in [0.25, 0.3) is 0 Å². The van der Waals surface area contributed by atoms with Gasteiger partial charge in [0.25, 0.3) is 0 Å². The van der Waals surface area contributed by atoms with Crippen LogP contribution in [0.15, 0.2) is 65.7 Å². The fourth-order valence-corrected chi connectivity index (χ4v) is 4.08. The molecule has 0 fully saturated rings. The van der Waals surface area contributed by atoms with Gasteiger partial charge >= 0.3 is 0 Å². The number of benzene rings is 3. The Morgan fingerprint density at radius 2 is 1.67 bits per heavy atom. The first-order valence-electron chi connectivity index (χ1n) is 9.53. The summed E-state index contributed by atoms with van der Waals surface area (Å²) in [5.41, 5.74) is 3.56. The van der Waals surface area contributed by atoms with Gasteiger partial charge in [-0.1, -0.05) is 35.3 Å². The number of phenols is 1. The van der Waals surface area contributed by atoms with Gasteiger partial charge in [0.2, 0.25) is 6.79 Å². The number of aliphatic imine (C=N–C) groups is 1. The Morgan fingerprint density at radius 3 is 2.50 bits per heavy atom. The van der Waals surface area contributed by atoms with Crippen LogP contribution in [0.1, 0.15) is 35.3 Å². The smallest absolute Gasteiger partial charge is 0.231 e. The fourth-order valence-electron chi connectivity index (χ4n) is 3.78. The van der Waals surface area contributed by atoms with Crippen molar-refractivity contribution in [3.63, 3.8) is 0 Å². The highest BCUT2D eigenvalue weighted by molar-refractivity contribution is 6.30. The number of rotatable bonds is 3. The third kappa shape index (κ3) is 3.72. The summed E-state index contributed by atoms with van der Waals surface area (Å²) in [4.78, 5) is 4.96. The first-order chi connectivity index (χ1) is 14.6. The lowest BCUT2D eigenvalue weighted by Crippen LogP contribution is -2.33. The van der Waals surface area contributed by atoms with Gasteiger partial charge in [-0.15, -0.1) is 0 Å². The topological polar surface area (TPSA) is 63.1 Å². The Morgan fingerprint density at radius 1 is 0.900 bits per heavy atom. The molecule has 0 saturated carbocycles. The van der Waals surface area contributed by atoms with Gasteiger partial charge in [-0.25, -0.2) is 0 Å². The molecule has 2 aliphatic rings. The molecule has 152 valence electrons. The molecule has 5 rings (SSSR count). The van der Waals surface area contributed by atoms with Gasteiger partial charge < -0.3 is 14.6 Å². The van der Waals surface area contributed by atoms with Crippen LogP contribution in [-0.4, -0.2) is 17.6 Å². The van der Waals surface area contributed by atoms with E-state index in [-0.39, 0.29) is 24.8 Å². The molecule has 5 nitrogen and oxygen atoms in total. The first-order valence-corrected chi connectivity index (χ1v) is 10.3. The molecule has 3 aromatic carbocycles. The highest BCUT2D eigenvalue weighted by Crippen LogP contribution is 2.38. The molecule has 0 aliphatic carbocycles. The van der Waals surface area contributed by atoms with Crippen molar-refractivity contribution in [2.24, 2.45) is 4.99 Å². The molecule has 7 heteroatoms. The van der Waals surface area contributed by atoms with Gasteiger partial charge in [0.1, 0.15) is 11.9 Å². The van der Waals surface area contributed by atoms with Gasteiger partial charge in [0.05, 0.1) is 0 Å². The first kappa shape index (κ1) is 19.2. The number of nitrogens with zero attached hydrogens (tertiary/aromatic N) is 1. The Bertz CT molecular complexity index is 1130. The van der Waals surface area contributed by atoms with Gasteiger partial charge in [-0.2, -0.15) is 0 Å². The molecule has 3 aromatic rings. The maximum absolute atomic E-state index is 10.5. The Balaban J connectivity index is 1.56. The third-order valence-electron chi connectivity index (χ3n) is 5.30. The molecule has 2 atom stereocenters. The Kier molecular flexibility index (Phi) is 5.03. The molecule has 2 aliphatic heterocycles. The van der Waals surface area contributed by atoms with Crippen molar-refractivity contribution in [1.82, 2.24) is 5.32 Å². The number of hydrogen-bond acceptors (Lipinski definition) is 5. The SMILES string of the molecule is Oc1ccc(Cl)cc1[C@@H]1CC(c2ccc3c(c2)OCO3)=N[C@@H](c2ccc(Cl)cc2)N1. The van der Waals surface area contributed by atoms with Crippen molar-refractivity contribution >= 4 is 28.9 Å². The van der Waals surface area contributed by atoms with E-state index in [0.717, 1.165) is 28.2 Å². The summed E-state index contributed by atoms with van der Waals surface area (Å²) < 4.78 is 11.0. The summed E-state index contributed by atoms with van der Waals surface area (Å²) in [6.07, 6.45) is 0.275. The van der Waals surface area contributed by atoms with Crippen molar-refractivity contribution in [2.75, 3.05) is 6.79 Å². The van der Waals surface area contributed by atoms with E-state index in [1.807, 2.05) is 42.5 Å². The van der Waals surface area contributed by atoms with Gasteiger partial charge in [-0.05, 0) is 59.7 Å². The standard InChI is InChI=1S/C23H18Cl2N2O3/c24-15-4-1-13(2-5-15)23-26-18(14-3-8-21-22(9-14)30-12-29-21)11-19(27-23)17-10-16(25)6-7-20(17)28/h1-10,19,23,27-28H,11-12H2/t19-,23+/m0/s1. The fraction of sp³-hybridized carbons (Fsp3) is 0.174. The monoisotopic (exact) mass is 440 g/mol. The van der Waals surface area contributed by atoms with Crippen molar-refractivity contribution in [1.29, 1.82) is 0 Å². The van der Waals surface area contributed by atoms with Crippen LogP contribution in [0.5, 0.6) is 17.2 Å². The summed E-state index contributed by atoms with van der Waals surface area (Å²) in [5.74, 6) is 1.63. The van der Waals surface area contributed by atoms with Crippen molar-refractivity contribution in [3.8, 4) is 17.2 Å². The largest absolute Gasteiger partial charge is 0.508 e. The number of ether oxygens (including phenoxy) is 2. The number of nitrogens with one attached hydrogen (secondary N) is 1. The normalized spacial score (nSPS) is 20.1. The number of halogens is 2. The summed E-state index contributed by atoms with van der Waals surface area (Å²) >= 11 is 12.3. The van der Waals surface area contributed by atoms with E-state index in [9.17, 15) is 5.11 Å². The summed E-state index contributed by atoms with van der Waals surface area (Å²) in [6.45, 7) is 0.221. The second-order valence-corrected chi connectivity index (χ2v) is 8.10. The molecule has 0 bridgehead atoms. The zero-order chi connectivity index (χ0) is 20.7. The number of phenolic OH excluding ortho intramolecular Hbond substituents is 1. The average molecular weight is 441 g/mol. The molecule has 0 saturated heterocycles. The van der Waals surface area contributed by atoms with Crippen molar-refractivity contribution < 1.29 is 14.6 Å². The lowest BCUT2D eigenvalue weighted by Gasteiger charge is -2.31. The molecule has 0 radical (unpaired) electrons. The van der Waals surface area contributed by atoms with Crippen LogP contribution in [0.3, 0.4) is 0 Å². The molecule has 0 spiro atoms. The van der Waals surface area contributed by atoms with E-state index < -0.39 is 0 Å². The van der Waals surface area contributed by atoms with Crippen LogP contribution in [-0.2, 0) is 0 Å². The lowest BCUT2D eigenvalue weighted by atomic mass is 9.93. The molecular formula is C23H18Cl2N2O3. The minimum Gasteiger partial charge on any atom is -0.508 e. The summed E-state index contributed by atoms with van der Waals surface area (Å²) in [7, 11) is 0. The van der Waals surface area contributed by atoms with E-state index in [1.165, 1.54) is 0 Å². The van der Waals surface area contributed by atoms with Gasteiger partial charge in [0, 0.05) is 33.8 Å². The molecule has 2 N–H and O–H groups in total. The maximum Gasteiger partial charge on any atom is 0.231 e. The molecule has 0 unspecified atom stereocenters. The number of aromatic hydroxyl groups is 1. The van der Waals surface area contributed by atoms with E-state index in [4.69, 9.17) is 37.7 Å². The van der Waals surface area contributed by atoms with Crippen LogP contribution < -0.4 is 14.8 Å². The van der Waals surface area contributed by atoms with Crippen LogP contribution in [0.2, 0.25) is 10.0 Å². The van der Waals surface area contributed by atoms with Crippen LogP contribution in [0, 0.1) is 0 Å². The summed E-state index contributed by atoms with van der Waals surface area (Å²) in [5, 5.41) is 15.2. The van der Waals surface area contributed by atoms with E-state index in [2.05, 4.69) is 5.32 Å². The Labute approximate surface area is 183 Å². The molecule has 30 heavy (non-hydrogen) atoms. The van der Waals surface area contributed by atoms with Crippen LogP contribution in [0.4, 0.5) is 0 Å². The van der Waals surface area contributed by atoms with Gasteiger partial charge in [-0.3, -0.25) is 10.3 Å². The quantitative estimate of drug-likeness (QED) is 0.552. The molecule has 0 amide bonds. The average Bonchev–Trinajstić information content (AvgIpc) is 3.23. The second-order valence-electron chi connectivity index (χ2n) is 7.22. The highest BCUT2D eigenvalue weighted by Gasteiger charge is 2.28. The molecule has 2 heterocycles. The third-order valence-corrected chi connectivity index (χ3v) is 5.79. The maximum atomic E-state index is 10.5. The zero-order valence-electron chi connectivity index (χ0n) is 15.8. The zero-order valence-corrected chi connectivity index (χ0v) is 17.3. The van der Waals surface area contributed by atoms with Crippen molar-refractivity contribution in [2.45, 2.75) is 18.6 Å². The highest BCUT2D eigenvalue weighted by atomic mass is 35.5. The van der Waals surface area contributed by atoms with E-state index >= 15 is 0 Å². The molecule has 0 aromatic heterocycles. The summed E-state index contributed by atoms with van der Waals surface area (Å²) in [6, 6.07) is 18.3. The minimum absolute atomic E-state index is 0.178. The molecular weight excluding hydrogens is 423 g/mol. The minimum atomic E-state index is -0.306. The van der Waals surface area contributed by atoms with Crippen LogP contribution >= 0.6 is 23.2 Å². The predicted molar refractivity (Wildman–Crippen MR) is 117 cm³/mol. The second kappa shape index (κ2) is 7.84. The van der Waals surface area contributed by atoms with Crippen molar-refractivity contribution in [3.05, 3.63) is 87.4 Å². The number of hydrogen-bond donors (Lipinski definition) is 2.